The lowest BCUT2D eigenvalue weighted by atomic mass is 9.69. The number of hydrogen-bond acceptors (Lipinski definition) is 3. The molecular formula is C20H16N4. The standard InChI is InChI=1S/C20H16N4/c1-4-10-16(11-5-1)20(19-21-23-24-22-19,17-12-6-2-7-13-17)18-14-8-3-9-15-18/h1-15H,(H,21,22,23,24). The molecule has 0 aliphatic rings. The quantitative estimate of drug-likeness (QED) is 0.586. The average Bonchev–Trinajstić information content (AvgIpc) is 3.20. The van der Waals surface area contributed by atoms with Gasteiger partial charge in [-0.25, -0.2) is 0 Å². The van der Waals surface area contributed by atoms with Crippen LogP contribution in [0.15, 0.2) is 91.0 Å². The van der Waals surface area contributed by atoms with E-state index in [1.165, 1.54) is 0 Å². The number of aromatic nitrogens is 4. The van der Waals surface area contributed by atoms with E-state index in [0.29, 0.717) is 5.82 Å². The highest BCUT2D eigenvalue weighted by Gasteiger charge is 2.41. The van der Waals surface area contributed by atoms with E-state index in [1.807, 2.05) is 54.6 Å². The van der Waals surface area contributed by atoms with Crippen LogP contribution in [0.25, 0.3) is 0 Å². The van der Waals surface area contributed by atoms with Crippen molar-refractivity contribution < 1.29 is 0 Å². The van der Waals surface area contributed by atoms with Gasteiger partial charge in [0.25, 0.3) is 0 Å². The number of aromatic amines is 1. The van der Waals surface area contributed by atoms with Crippen LogP contribution in [0, 0.1) is 0 Å². The third kappa shape index (κ3) is 2.20. The van der Waals surface area contributed by atoms with Crippen molar-refractivity contribution in [1.82, 2.24) is 20.6 Å². The Labute approximate surface area is 140 Å². The molecule has 4 heteroatoms. The van der Waals surface area contributed by atoms with Crippen molar-refractivity contribution >= 4 is 0 Å². The van der Waals surface area contributed by atoms with Crippen molar-refractivity contribution in [3.63, 3.8) is 0 Å². The summed E-state index contributed by atoms with van der Waals surface area (Å²) in [7, 11) is 0. The molecule has 4 rings (SSSR count). The molecule has 0 saturated heterocycles. The van der Waals surface area contributed by atoms with Crippen molar-refractivity contribution in [3.8, 4) is 0 Å². The van der Waals surface area contributed by atoms with Crippen LogP contribution in [0.2, 0.25) is 0 Å². The average molecular weight is 312 g/mol. The molecule has 0 atom stereocenters. The number of nitrogens with zero attached hydrogens (tertiary/aromatic N) is 3. The van der Waals surface area contributed by atoms with E-state index >= 15 is 0 Å². The second-order valence-electron chi connectivity index (χ2n) is 5.58. The van der Waals surface area contributed by atoms with Crippen LogP contribution in [-0.2, 0) is 5.41 Å². The third-order valence-corrected chi connectivity index (χ3v) is 4.30. The van der Waals surface area contributed by atoms with E-state index in [2.05, 4.69) is 57.0 Å². The first-order chi connectivity index (χ1) is 11.9. The van der Waals surface area contributed by atoms with Gasteiger partial charge in [-0.1, -0.05) is 96.2 Å². The van der Waals surface area contributed by atoms with Crippen LogP contribution in [0.5, 0.6) is 0 Å². The monoisotopic (exact) mass is 312 g/mol. The molecule has 0 amide bonds. The third-order valence-electron chi connectivity index (χ3n) is 4.30. The van der Waals surface area contributed by atoms with Crippen molar-refractivity contribution in [3.05, 3.63) is 114 Å². The van der Waals surface area contributed by atoms with Gasteiger partial charge in [0.1, 0.15) is 5.41 Å². The van der Waals surface area contributed by atoms with E-state index in [4.69, 9.17) is 0 Å². The second-order valence-corrected chi connectivity index (χ2v) is 5.58. The Kier molecular flexibility index (Phi) is 3.63. The van der Waals surface area contributed by atoms with Gasteiger partial charge >= 0.3 is 0 Å². The van der Waals surface area contributed by atoms with E-state index in [0.717, 1.165) is 16.7 Å². The molecule has 1 N–H and O–H groups in total. The zero-order valence-electron chi connectivity index (χ0n) is 13.0. The number of rotatable bonds is 4. The number of hydrogen-bond donors (Lipinski definition) is 1. The summed E-state index contributed by atoms with van der Waals surface area (Å²) in [5.74, 6) is 0.631. The first-order valence-electron chi connectivity index (χ1n) is 7.83. The first kappa shape index (κ1) is 14.3. The van der Waals surface area contributed by atoms with Crippen molar-refractivity contribution in [2.75, 3.05) is 0 Å². The number of tetrazole rings is 1. The molecule has 24 heavy (non-hydrogen) atoms. The molecule has 3 aromatic carbocycles. The van der Waals surface area contributed by atoms with E-state index < -0.39 is 5.41 Å². The second kappa shape index (κ2) is 6.08. The van der Waals surface area contributed by atoms with Crippen LogP contribution in [0.4, 0.5) is 0 Å². The van der Waals surface area contributed by atoms with Crippen LogP contribution < -0.4 is 0 Å². The Morgan fingerprint density at radius 3 is 1.33 bits per heavy atom. The Hall–Kier alpha value is -3.27. The summed E-state index contributed by atoms with van der Waals surface area (Å²) in [4.78, 5) is 0. The first-order valence-corrected chi connectivity index (χ1v) is 7.83. The zero-order valence-corrected chi connectivity index (χ0v) is 13.0. The smallest absolute Gasteiger partial charge is 0.177 e. The summed E-state index contributed by atoms with van der Waals surface area (Å²) in [6.45, 7) is 0. The molecule has 0 fully saturated rings. The summed E-state index contributed by atoms with van der Waals surface area (Å²) < 4.78 is 0. The molecule has 4 nitrogen and oxygen atoms in total. The van der Waals surface area contributed by atoms with Crippen LogP contribution in [0.1, 0.15) is 22.5 Å². The van der Waals surface area contributed by atoms with Crippen LogP contribution in [-0.4, -0.2) is 20.6 Å². The van der Waals surface area contributed by atoms with Gasteiger partial charge in [-0.2, -0.15) is 5.21 Å². The van der Waals surface area contributed by atoms with Crippen LogP contribution >= 0.6 is 0 Å². The highest BCUT2D eigenvalue weighted by Crippen LogP contribution is 2.42. The van der Waals surface area contributed by atoms with Crippen LogP contribution in [0.3, 0.4) is 0 Å². The Bertz CT molecular complexity index is 792. The zero-order chi connectivity index (χ0) is 16.2. The van der Waals surface area contributed by atoms with E-state index in [-0.39, 0.29) is 0 Å². The van der Waals surface area contributed by atoms with Gasteiger partial charge in [-0.15, -0.1) is 10.2 Å². The minimum absolute atomic E-state index is 0.614. The maximum absolute atomic E-state index is 4.37. The van der Waals surface area contributed by atoms with Gasteiger partial charge in [-0.05, 0) is 16.7 Å². The number of benzene rings is 3. The summed E-state index contributed by atoms with van der Waals surface area (Å²) in [5.41, 5.74) is 2.69. The van der Waals surface area contributed by atoms with Crippen molar-refractivity contribution in [2.24, 2.45) is 0 Å². The highest BCUT2D eigenvalue weighted by molar-refractivity contribution is 5.55. The molecule has 1 aromatic heterocycles. The minimum Gasteiger partial charge on any atom is -0.177 e. The summed E-state index contributed by atoms with van der Waals surface area (Å²) in [5, 5.41) is 15.2. The Morgan fingerprint density at radius 1 is 0.583 bits per heavy atom. The highest BCUT2D eigenvalue weighted by atomic mass is 15.5. The molecule has 0 spiro atoms. The van der Waals surface area contributed by atoms with Gasteiger partial charge in [0, 0.05) is 0 Å². The molecule has 0 saturated carbocycles. The van der Waals surface area contributed by atoms with Gasteiger partial charge in [0.15, 0.2) is 5.82 Å². The van der Waals surface area contributed by atoms with Gasteiger partial charge in [0.2, 0.25) is 0 Å². The fourth-order valence-electron chi connectivity index (χ4n) is 3.27. The summed E-state index contributed by atoms with van der Waals surface area (Å²) >= 11 is 0. The molecule has 4 aromatic rings. The predicted molar refractivity (Wildman–Crippen MR) is 92.5 cm³/mol. The topological polar surface area (TPSA) is 54.5 Å². The molecule has 116 valence electrons. The molecule has 0 unspecified atom stereocenters. The molecule has 0 aliphatic heterocycles. The number of nitrogens with one attached hydrogen (secondary N) is 1. The normalized spacial score (nSPS) is 11.3. The van der Waals surface area contributed by atoms with Crippen molar-refractivity contribution in [2.45, 2.75) is 5.41 Å². The molecule has 0 aliphatic carbocycles. The molecule has 1 heterocycles. The van der Waals surface area contributed by atoms with Crippen molar-refractivity contribution in [1.29, 1.82) is 0 Å². The van der Waals surface area contributed by atoms with E-state index in [9.17, 15) is 0 Å². The lowest BCUT2D eigenvalue weighted by Crippen LogP contribution is -2.32. The van der Waals surface area contributed by atoms with Gasteiger partial charge < -0.3 is 0 Å². The maximum Gasteiger partial charge on any atom is 0.193 e. The van der Waals surface area contributed by atoms with Gasteiger partial charge in [0.05, 0.1) is 0 Å². The minimum atomic E-state index is -0.614. The number of H-pyrrole nitrogens is 1. The SMILES string of the molecule is c1ccc(C(c2ccccc2)(c2ccccc2)c2nn[nH]n2)cc1. The van der Waals surface area contributed by atoms with E-state index in [1.54, 1.807) is 0 Å². The summed E-state index contributed by atoms with van der Waals surface area (Å²) in [6, 6.07) is 30.9. The Balaban J connectivity index is 2.12. The fourth-order valence-corrected chi connectivity index (χ4v) is 3.27. The fraction of sp³-hybridized carbons (Fsp3) is 0.0500. The molecular weight excluding hydrogens is 296 g/mol. The maximum atomic E-state index is 4.37. The predicted octanol–water partition coefficient (Wildman–Crippen LogP) is 3.58. The molecule has 0 radical (unpaired) electrons. The Morgan fingerprint density at radius 2 is 1.00 bits per heavy atom. The summed E-state index contributed by atoms with van der Waals surface area (Å²) in [6.07, 6.45) is 0. The lowest BCUT2D eigenvalue weighted by molar-refractivity contribution is 0.682. The van der Waals surface area contributed by atoms with Gasteiger partial charge in [-0.3, -0.25) is 0 Å². The largest absolute Gasteiger partial charge is 0.193 e. The molecule has 0 bridgehead atoms. The lowest BCUT2D eigenvalue weighted by Gasteiger charge is -2.32.